The molecule has 2 amide bonds. The molecule has 104 valence electrons. The van der Waals surface area contributed by atoms with Gasteiger partial charge in [-0.25, -0.2) is 9.18 Å². The van der Waals surface area contributed by atoms with Gasteiger partial charge in [-0.3, -0.25) is 0 Å². The van der Waals surface area contributed by atoms with E-state index in [0.717, 1.165) is 0 Å². The first-order valence-corrected chi connectivity index (χ1v) is 6.34. The SMILES string of the molecule is CN1C(=O)N(CC(C)(C)N)CC1c1ccccc1F. The van der Waals surface area contributed by atoms with Crippen molar-refractivity contribution in [3.05, 3.63) is 35.6 Å². The highest BCUT2D eigenvalue weighted by molar-refractivity contribution is 5.77. The number of benzene rings is 1. The molecule has 5 heteroatoms. The predicted molar refractivity (Wildman–Crippen MR) is 72.1 cm³/mol. The van der Waals surface area contributed by atoms with Crippen molar-refractivity contribution in [2.75, 3.05) is 20.1 Å². The van der Waals surface area contributed by atoms with E-state index in [0.29, 0.717) is 18.7 Å². The smallest absolute Gasteiger partial charge is 0.320 e. The molecule has 0 saturated carbocycles. The number of hydrogen-bond donors (Lipinski definition) is 1. The summed E-state index contributed by atoms with van der Waals surface area (Å²) in [6, 6.07) is 6.22. The van der Waals surface area contributed by atoms with Gasteiger partial charge < -0.3 is 15.5 Å². The number of nitrogens with zero attached hydrogens (tertiary/aromatic N) is 2. The van der Waals surface area contributed by atoms with Crippen LogP contribution in [0.1, 0.15) is 25.5 Å². The molecule has 1 fully saturated rings. The molecule has 1 aromatic carbocycles. The Balaban J connectivity index is 2.22. The molecule has 1 unspecified atom stereocenters. The fraction of sp³-hybridized carbons (Fsp3) is 0.500. The molecule has 0 aliphatic carbocycles. The van der Waals surface area contributed by atoms with Crippen molar-refractivity contribution in [2.45, 2.75) is 25.4 Å². The average molecular weight is 265 g/mol. The van der Waals surface area contributed by atoms with Crippen molar-refractivity contribution in [2.24, 2.45) is 5.73 Å². The van der Waals surface area contributed by atoms with E-state index in [1.54, 1.807) is 35.0 Å². The molecular formula is C14H20FN3O. The van der Waals surface area contributed by atoms with Gasteiger partial charge in [-0.2, -0.15) is 0 Å². The van der Waals surface area contributed by atoms with E-state index >= 15 is 0 Å². The Bertz CT molecular complexity index is 484. The Morgan fingerprint density at radius 1 is 1.42 bits per heavy atom. The predicted octanol–water partition coefficient (Wildman–Crippen LogP) is 1.97. The molecule has 1 saturated heterocycles. The van der Waals surface area contributed by atoms with Gasteiger partial charge >= 0.3 is 6.03 Å². The Kier molecular flexibility index (Phi) is 3.49. The second kappa shape index (κ2) is 4.81. The third-order valence-corrected chi connectivity index (χ3v) is 3.30. The summed E-state index contributed by atoms with van der Waals surface area (Å²) in [5, 5.41) is 0. The third-order valence-electron chi connectivity index (χ3n) is 3.30. The lowest BCUT2D eigenvalue weighted by atomic mass is 10.0. The van der Waals surface area contributed by atoms with Gasteiger partial charge in [-0.05, 0) is 19.9 Å². The zero-order valence-corrected chi connectivity index (χ0v) is 11.6. The molecule has 19 heavy (non-hydrogen) atoms. The van der Waals surface area contributed by atoms with Gasteiger partial charge in [0.1, 0.15) is 5.82 Å². The number of hydrogen-bond acceptors (Lipinski definition) is 2. The Hall–Kier alpha value is -1.62. The molecule has 2 rings (SSSR count). The van der Waals surface area contributed by atoms with Crippen molar-refractivity contribution < 1.29 is 9.18 Å². The zero-order chi connectivity index (χ0) is 14.2. The minimum Gasteiger partial charge on any atom is -0.324 e. The molecule has 2 N–H and O–H groups in total. The molecule has 1 aliphatic heterocycles. The van der Waals surface area contributed by atoms with Crippen LogP contribution in [0.5, 0.6) is 0 Å². The number of rotatable bonds is 3. The van der Waals surface area contributed by atoms with Crippen LogP contribution in [-0.4, -0.2) is 41.5 Å². The van der Waals surface area contributed by atoms with Crippen molar-refractivity contribution >= 4 is 6.03 Å². The van der Waals surface area contributed by atoms with Crippen LogP contribution in [0.3, 0.4) is 0 Å². The monoisotopic (exact) mass is 265 g/mol. The molecule has 0 aromatic heterocycles. The van der Waals surface area contributed by atoms with Crippen LogP contribution in [0.25, 0.3) is 0 Å². The van der Waals surface area contributed by atoms with Gasteiger partial charge in [0.25, 0.3) is 0 Å². The van der Waals surface area contributed by atoms with E-state index in [-0.39, 0.29) is 17.9 Å². The molecule has 1 atom stereocenters. The van der Waals surface area contributed by atoms with E-state index in [1.165, 1.54) is 6.07 Å². The van der Waals surface area contributed by atoms with Gasteiger partial charge in [0.15, 0.2) is 0 Å². The van der Waals surface area contributed by atoms with Crippen LogP contribution < -0.4 is 5.73 Å². The van der Waals surface area contributed by atoms with Gasteiger partial charge in [0.05, 0.1) is 6.04 Å². The first-order chi connectivity index (χ1) is 8.79. The maximum absolute atomic E-state index is 13.8. The van der Waals surface area contributed by atoms with Crippen molar-refractivity contribution in [1.82, 2.24) is 9.80 Å². The number of carbonyl (C=O) groups excluding carboxylic acids is 1. The van der Waals surface area contributed by atoms with E-state index in [2.05, 4.69) is 0 Å². The van der Waals surface area contributed by atoms with Gasteiger partial charge in [0.2, 0.25) is 0 Å². The highest BCUT2D eigenvalue weighted by Crippen LogP contribution is 2.30. The van der Waals surface area contributed by atoms with Crippen LogP contribution in [-0.2, 0) is 0 Å². The number of amides is 2. The third kappa shape index (κ3) is 2.87. The number of carbonyl (C=O) groups is 1. The lowest BCUT2D eigenvalue weighted by Gasteiger charge is -2.25. The highest BCUT2D eigenvalue weighted by atomic mass is 19.1. The van der Waals surface area contributed by atoms with Crippen LogP contribution in [0.15, 0.2) is 24.3 Å². The van der Waals surface area contributed by atoms with E-state index in [1.807, 2.05) is 13.8 Å². The molecule has 0 spiro atoms. The maximum Gasteiger partial charge on any atom is 0.320 e. The second-order valence-electron chi connectivity index (χ2n) is 5.80. The van der Waals surface area contributed by atoms with Gasteiger partial charge in [0, 0.05) is 31.2 Å². The number of nitrogens with two attached hydrogens (primary N) is 1. The molecule has 0 radical (unpaired) electrons. The Labute approximate surface area is 113 Å². The Morgan fingerprint density at radius 2 is 2.05 bits per heavy atom. The number of urea groups is 1. The van der Waals surface area contributed by atoms with Gasteiger partial charge in [-0.1, -0.05) is 18.2 Å². The topological polar surface area (TPSA) is 49.6 Å². The second-order valence-corrected chi connectivity index (χ2v) is 5.80. The maximum atomic E-state index is 13.8. The lowest BCUT2D eigenvalue weighted by Crippen LogP contribution is -2.46. The van der Waals surface area contributed by atoms with E-state index < -0.39 is 5.54 Å². The quantitative estimate of drug-likeness (QED) is 0.908. The van der Waals surface area contributed by atoms with Crippen LogP contribution in [0, 0.1) is 5.82 Å². The van der Waals surface area contributed by atoms with Crippen molar-refractivity contribution in [3.8, 4) is 0 Å². The summed E-state index contributed by atoms with van der Waals surface area (Å²) < 4.78 is 13.8. The largest absolute Gasteiger partial charge is 0.324 e. The lowest BCUT2D eigenvalue weighted by molar-refractivity contribution is 0.188. The molecule has 1 aliphatic rings. The Morgan fingerprint density at radius 3 is 2.63 bits per heavy atom. The van der Waals surface area contributed by atoms with Crippen LogP contribution in [0.4, 0.5) is 9.18 Å². The van der Waals surface area contributed by atoms with Crippen molar-refractivity contribution in [3.63, 3.8) is 0 Å². The van der Waals surface area contributed by atoms with E-state index in [4.69, 9.17) is 5.73 Å². The molecule has 1 aromatic rings. The molecule has 4 nitrogen and oxygen atoms in total. The van der Waals surface area contributed by atoms with Gasteiger partial charge in [-0.15, -0.1) is 0 Å². The number of likely N-dealkylation sites (N-methyl/N-ethyl adjacent to an activating group) is 1. The highest BCUT2D eigenvalue weighted by Gasteiger charge is 2.38. The summed E-state index contributed by atoms with van der Waals surface area (Å²) in [5.41, 5.74) is 6.04. The van der Waals surface area contributed by atoms with E-state index in [9.17, 15) is 9.18 Å². The summed E-state index contributed by atoms with van der Waals surface area (Å²) >= 11 is 0. The summed E-state index contributed by atoms with van der Waals surface area (Å²) in [4.78, 5) is 15.4. The molecule has 1 heterocycles. The van der Waals surface area contributed by atoms with Crippen LogP contribution in [0.2, 0.25) is 0 Å². The van der Waals surface area contributed by atoms with Crippen LogP contribution >= 0.6 is 0 Å². The minimum absolute atomic E-state index is 0.105. The molecular weight excluding hydrogens is 245 g/mol. The summed E-state index contributed by atoms with van der Waals surface area (Å²) in [6.07, 6.45) is 0. The zero-order valence-electron chi connectivity index (χ0n) is 11.6. The summed E-state index contributed by atoms with van der Waals surface area (Å²) in [5.74, 6) is -0.277. The average Bonchev–Trinajstić information content (AvgIpc) is 2.56. The molecule has 0 bridgehead atoms. The number of halogens is 1. The van der Waals surface area contributed by atoms with Crippen molar-refractivity contribution in [1.29, 1.82) is 0 Å². The summed E-state index contributed by atoms with van der Waals surface area (Å²) in [7, 11) is 1.70. The fourth-order valence-corrected chi connectivity index (χ4v) is 2.44. The first-order valence-electron chi connectivity index (χ1n) is 6.34. The normalized spacial score (nSPS) is 20.3. The standard InChI is InChI=1S/C14H20FN3O/c1-14(2,16)9-18-8-12(17(3)13(18)19)10-6-4-5-7-11(10)15/h4-7,12H,8-9,16H2,1-3H3. The summed E-state index contributed by atoms with van der Waals surface area (Å²) in [6.45, 7) is 4.67. The first kappa shape index (κ1) is 13.8. The minimum atomic E-state index is -0.458. The fourth-order valence-electron chi connectivity index (χ4n) is 2.44.